The molecule has 0 spiro atoms. The SMILES string of the molecule is CC(C(=O)Nc1cccnc1Cl)N1CCN(S(=O)(=O)c2c(F)cccc2F)CC1. The molecule has 1 aromatic heterocycles. The molecule has 3 rings (SSSR count). The van der Waals surface area contributed by atoms with Crippen LogP contribution in [0.1, 0.15) is 6.92 Å². The fourth-order valence-electron chi connectivity index (χ4n) is 3.07. The topological polar surface area (TPSA) is 82.6 Å². The van der Waals surface area contributed by atoms with Crippen molar-refractivity contribution in [2.24, 2.45) is 0 Å². The molecule has 7 nitrogen and oxygen atoms in total. The van der Waals surface area contributed by atoms with Crippen LogP contribution in [0.25, 0.3) is 0 Å². The first-order valence-electron chi connectivity index (χ1n) is 8.81. The van der Waals surface area contributed by atoms with Crippen molar-refractivity contribution in [1.82, 2.24) is 14.2 Å². The van der Waals surface area contributed by atoms with Gasteiger partial charge in [-0.3, -0.25) is 9.69 Å². The van der Waals surface area contributed by atoms with E-state index in [2.05, 4.69) is 10.3 Å². The summed E-state index contributed by atoms with van der Waals surface area (Å²) < 4.78 is 54.2. The summed E-state index contributed by atoms with van der Waals surface area (Å²) in [5, 5.41) is 2.85. The lowest BCUT2D eigenvalue weighted by Gasteiger charge is -2.36. The van der Waals surface area contributed by atoms with E-state index >= 15 is 0 Å². The number of hydrogen-bond acceptors (Lipinski definition) is 5. The number of carbonyl (C=O) groups is 1. The van der Waals surface area contributed by atoms with Gasteiger partial charge in [-0.25, -0.2) is 22.2 Å². The number of nitrogens with one attached hydrogen (secondary N) is 1. The van der Waals surface area contributed by atoms with Crippen LogP contribution in [0.15, 0.2) is 41.4 Å². The summed E-state index contributed by atoms with van der Waals surface area (Å²) in [6.07, 6.45) is 1.50. The van der Waals surface area contributed by atoms with Gasteiger partial charge in [0.1, 0.15) is 11.6 Å². The van der Waals surface area contributed by atoms with Crippen molar-refractivity contribution in [3.63, 3.8) is 0 Å². The summed E-state index contributed by atoms with van der Waals surface area (Å²) in [5.74, 6) is -2.58. The van der Waals surface area contributed by atoms with E-state index in [1.807, 2.05) is 0 Å². The van der Waals surface area contributed by atoms with Crippen LogP contribution >= 0.6 is 11.6 Å². The molecule has 1 aliphatic heterocycles. The number of anilines is 1. The third-order valence-electron chi connectivity index (χ3n) is 4.73. The zero-order chi connectivity index (χ0) is 21.2. The largest absolute Gasteiger partial charge is 0.322 e. The second-order valence-electron chi connectivity index (χ2n) is 6.50. The molecule has 1 aromatic carbocycles. The number of rotatable bonds is 5. The molecule has 29 heavy (non-hydrogen) atoms. The van der Waals surface area contributed by atoms with E-state index in [9.17, 15) is 22.0 Å². The summed E-state index contributed by atoms with van der Waals surface area (Å²) in [6, 6.07) is 5.60. The number of carbonyl (C=O) groups excluding carboxylic acids is 1. The van der Waals surface area contributed by atoms with E-state index in [0.29, 0.717) is 5.69 Å². The van der Waals surface area contributed by atoms with Gasteiger partial charge < -0.3 is 5.32 Å². The Labute approximate surface area is 172 Å². The summed E-state index contributed by atoms with van der Waals surface area (Å²) >= 11 is 5.94. The first kappa shape index (κ1) is 21.6. The fraction of sp³-hybridized carbons (Fsp3) is 0.333. The summed E-state index contributed by atoms with van der Waals surface area (Å²) in [4.78, 5) is 17.2. The first-order valence-corrected chi connectivity index (χ1v) is 10.6. The molecule has 1 unspecified atom stereocenters. The third-order valence-corrected chi connectivity index (χ3v) is 6.99. The molecule has 2 aromatic rings. The smallest absolute Gasteiger partial charge is 0.249 e. The molecule has 156 valence electrons. The van der Waals surface area contributed by atoms with Crippen molar-refractivity contribution in [1.29, 1.82) is 0 Å². The van der Waals surface area contributed by atoms with Crippen molar-refractivity contribution < 1.29 is 22.0 Å². The maximum absolute atomic E-state index is 13.9. The van der Waals surface area contributed by atoms with Crippen LogP contribution in [0.5, 0.6) is 0 Å². The van der Waals surface area contributed by atoms with Crippen LogP contribution in [-0.2, 0) is 14.8 Å². The van der Waals surface area contributed by atoms with Crippen molar-refractivity contribution in [3.05, 3.63) is 53.3 Å². The third kappa shape index (κ3) is 4.55. The average molecular weight is 445 g/mol. The Balaban J connectivity index is 1.65. The Hall–Kier alpha value is -2.14. The monoisotopic (exact) mass is 444 g/mol. The quantitative estimate of drug-likeness (QED) is 0.716. The van der Waals surface area contributed by atoms with Crippen LogP contribution in [-0.4, -0.2) is 60.7 Å². The van der Waals surface area contributed by atoms with Crippen molar-refractivity contribution in [2.45, 2.75) is 17.9 Å². The standard InChI is InChI=1S/C18H19ClF2N4O3S/c1-12(18(26)23-15-6-3-7-22-17(15)19)24-8-10-25(11-9-24)29(27,28)16-13(20)4-2-5-14(16)21/h2-7,12H,8-11H2,1H3,(H,23,26). The van der Waals surface area contributed by atoms with Gasteiger partial charge in [-0.1, -0.05) is 17.7 Å². The van der Waals surface area contributed by atoms with Crippen LogP contribution in [0.4, 0.5) is 14.5 Å². The molecular weight excluding hydrogens is 426 g/mol. The zero-order valence-electron chi connectivity index (χ0n) is 15.5. The highest BCUT2D eigenvalue weighted by molar-refractivity contribution is 7.89. The second kappa shape index (κ2) is 8.70. The van der Waals surface area contributed by atoms with Crippen molar-refractivity contribution in [3.8, 4) is 0 Å². The maximum atomic E-state index is 13.9. The molecule has 1 saturated heterocycles. The van der Waals surface area contributed by atoms with E-state index in [4.69, 9.17) is 11.6 Å². The Kier molecular flexibility index (Phi) is 6.47. The van der Waals surface area contributed by atoms with Gasteiger partial charge >= 0.3 is 0 Å². The lowest BCUT2D eigenvalue weighted by molar-refractivity contribution is -0.121. The summed E-state index contributed by atoms with van der Waals surface area (Å²) in [7, 11) is -4.32. The van der Waals surface area contributed by atoms with Crippen LogP contribution < -0.4 is 5.32 Å². The van der Waals surface area contributed by atoms with Crippen LogP contribution in [0, 0.1) is 11.6 Å². The number of benzene rings is 1. The van der Waals surface area contributed by atoms with E-state index < -0.39 is 32.6 Å². The minimum absolute atomic E-state index is 0.00137. The predicted octanol–water partition coefficient (Wildman–Crippen LogP) is 2.35. The molecule has 1 amide bonds. The van der Waals surface area contributed by atoms with Crippen LogP contribution in [0.2, 0.25) is 5.15 Å². The number of piperazine rings is 1. The minimum Gasteiger partial charge on any atom is -0.322 e. The molecule has 1 aliphatic rings. The van der Waals surface area contributed by atoms with Gasteiger partial charge in [-0.15, -0.1) is 0 Å². The van der Waals surface area contributed by atoms with Gasteiger partial charge in [0.05, 0.1) is 11.7 Å². The lowest BCUT2D eigenvalue weighted by Crippen LogP contribution is -2.54. The Morgan fingerprint density at radius 1 is 1.14 bits per heavy atom. The normalized spacial score (nSPS) is 17.1. The van der Waals surface area contributed by atoms with E-state index in [-0.39, 0.29) is 37.2 Å². The number of amides is 1. The number of hydrogen-bond donors (Lipinski definition) is 1. The maximum Gasteiger partial charge on any atom is 0.249 e. The molecule has 0 saturated carbocycles. The molecule has 11 heteroatoms. The Morgan fingerprint density at radius 3 is 2.34 bits per heavy atom. The molecule has 2 heterocycles. The average Bonchev–Trinajstić information content (AvgIpc) is 2.69. The van der Waals surface area contributed by atoms with Gasteiger partial charge in [0, 0.05) is 32.4 Å². The predicted molar refractivity (Wildman–Crippen MR) is 104 cm³/mol. The number of sulfonamides is 1. The molecule has 1 fully saturated rings. The Bertz CT molecular complexity index is 994. The highest BCUT2D eigenvalue weighted by Gasteiger charge is 2.35. The molecule has 1 atom stereocenters. The molecule has 0 bridgehead atoms. The van der Waals surface area contributed by atoms with Gasteiger partial charge in [0.15, 0.2) is 10.0 Å². The van der Waals surface area contributed by atoms with Crippen molar-refractivity contribution >= 4 is 33.2 Å². The zero-order valence-corrected chi connectivity index (χ0v) is 17.1. The van der Waals surface area contributed by atoms with E-state index in [1.54, 1.807) is 24.0 Å². The van der Waals surface area contributed by atoms with E-state index in [0.717, 1.165) is 22.5 Å². The van der Waals surface area contributed by atoms with Gasteiger partial charge in [-0.2, -0.15) is 4.31 Å². The summed E-state index contributed by atoms with van der Waals surface area (Å²) in [5.41, 5.74) is 0.377. The minimum atomic E-state index is -4.32. The van der Waals surface area contributed by atoms with E-state index in [1.165, 1.54) is 6.20 Å². The summed E-state index contributed by atoms with van der Waals surface area (Å²) in [6.45, 7) is 2.14. The number of halogens is 3. The molecular formula is C18H19ClF2N4O3S. The number of pyridine rings is 1. The highest BCUT2D eigenvalue weighted by Crippen LogP contribution is 2.24. The van der Waals surface area contributed by atoms with Crippen molar-refractivity contribution in [2.75, 3.05) is 31.5 Å². The second-order valence-corrected chi connectivity index (χ2v) is 8.73. The van der Waals surface area contributed by atoms with Crippen LogP contribution in [0.3, 0.4) is 0 Å². The van der Waals surface area contributed by atoms with Gasteiger partial charge in [0.25, 0.3) is 0 Å². The first-order chi connectivity index (χ1) is 13.7. The highest BCUT2D eigenvalue weighted by atomic mass is 35.5. The Morgan fingerprint density at radius 2 is 1.76 bits per heavy atom. The lowest BCUT2D eigenvalue weighted by atomic mass is 10.2. The number of nitrogens with zero attached hydrogens (tertiary/aromatic N) is 3. The molecule has 0 radical (unpaired) electrons. The van der Waals surface area contributed by atoms with Gasteiger partial charge in [0.2, 0.25) is 15.9 Å². The van der Waals surface area contributed by atoms with Gasteiger partial charge in [-0.05, 0) is 31.2 Å². The fourth-order valence-corrected chi connectivity index (χ4v) is 4.77. The number of aromatic nitrogens is 1. The molecule has 1 N–H and O–H groups in total. The molecule has 0 aliphatic carbocycles.